The van der Waals surface area contributed by atoms with Crippen LogP contribution in [0.5, 0.6) is 0 Å². The molecule has 0 spiro atoms. The van der Waals surface area contributed by atoms with Crippen molar-refractivity contribution in [3.63, 3.8) is 0 Å². The van der Waals surface area contributed by atoms with E-state index < -0.39 is 32.3 Å². The van der Waals surface area contributed by atoms with Crippen molar-refractivity contribution in [2.24, 2.45) is 11.3 Å². The highest BCUT2D eigenvalue weighted by atomic mass is 31.2. The second-order valence-electron chi connectivity index (χ2n) is 14.4. The Hall–Kier alpha value is -2.37. The van der Waals surface area contributed by atoms with Crippen molar-refractivity contribution in [2.75, 3.05) is 67.8 Å². The zero-order valence-corrected chi connectivity index (χ0v) is 31.7. The molecule has 0 saturated heterocycles. The molecule has 11 nitrogen and oxygen atoms in total. The van der Waals surface area contributed by atoms with Crippen molar-refractivity contribution < 1.29 is 42.4 Å². The van der Waals surface area contributed by atoms with Gasteiger partial charge in [0.1, 0.15) is 19.2 Å². The van der Waals surface area contributed by atoms with Gasteiger partial charge in [0.15, 0.2) is 0 Å². The Balaban J connectivity index is 2.87. The molecule has 3 N–H and O–H groups in total. The molecule has 274 valence electrons. The average Bonchev–Trinajstić information content (AvgIpc) is 2.97. The first-order valence-corrected chi connectivity index (χ1v) is 18.4. The molecule has 2 unspecified atom stereocenters. The van der Waals surface area contributed by atoms with Crippen LogP contribution in [-0.2, 0) is 27.9 Å². The molecule has 3 atom stereocenters. The Bertz CT molecular complexity index is 1230. The van der Waals surface area contributed by atoms with Crippen LogP contribution in [-0.4, -0.2) is 95.2 Å². The Morgan fingerprint density at radius 1 is 1.10 bits per heavy atom. The number of nitrogens with one attached hydrogen (secondary N) is 2. The normalized spacial score (nSPS) is 18.6. The van der Waals surface area contributed by atoms with Gasteiger partial charge in [-0.2, -0.15) is 0 Å². The van der Waals surface area contributed by atoms with Crippen LogP contribution >= 0.6 is 7.82 Å². The van der Waals surface area contributed by atoms with Gasteiger partial charge >= 0.3 is 0 Å². The average molecular weight is 696 g/mol. The molecular formula is C36H62N3O8P. The lowest BCUT2D eigenvalue weighted by Gasteiger charge is -2.32. The number of aliphatic hydroxyl groups excluding tert-OH is 1. The van der Waals surface area contributed by atoms with E-state index in [0.29, 0.717) is 36.2 Å². The van der Waals surface area contributed by atoms with E-state index in [2.05, 4.69) is 43.6 Å². The lowest BCUT2D eigenvalue weighted by Crippen LogP contribution is -2.49. The summed E-state index contributed by atoms with van der Waals surface area (Å²) in [6, 6.07) is -1.28. The highest BCUT2D eigenvalue weighted by Gasteiger charge is 2.26. The number of methoxy groups -OCH3 is 1. The van der Waals surface area contributed by atoms with E-state index >= 15 is 0 Å². The van der Waals surface area contributed by atoms with Gasteiger partial charge in [0.25, 0.3) is 7.82 Å². The SMILES string of the molecule is COCC(CO)CCCCNC(=O)[C@H](COP(=O)([O-])OCC[N+](C)(C)C)NC(=O)/C=C(C)/C=C/C=C(C)/C=C/C1=C(C)CCCC1(C)C. The lowest BCUT2D eigenvalue weighted by atomic mass is 9.72. The highest BCUT2D eigenvalue weighted by Crippen LogP contribution is 2.41. The van der Waals surface area contributed by atoms with E-state index in [1.54, 1.807) is 20.1 Å². The zero-order valence-electron chi connectivity index (χ0n) is 30.8. The molecule has 0 bridgehead atoms. The summed E-state index contributed by atoms with van der Waals surface area (Å²) in [5.74, 6) is -1.13. The highest BCUT2D eigenvalue weighted by molar-refractivity contribution is 7.45. The van der Waals surface area contributed by atoms with Crippen LogP contribution in [0.25, 0.3) is 0 Å². The minimum Gasteiger partial charge on any atom is -0.756 e. The number of carbonyl (C=O) groups is 2. The van der Waals surface area contributed by atoms with Crippen LogP contribution in [0.4, 0.5) is 0 Å². The first kappa shape index (κ1) is 43.7. The fourth-order valence-electron chi connectivity index (χ4n) is 5.27. The zero-order chi connectivity index (χ0) is 36.4. The van der Waals surface area contributed by atoms with Gasteiger partial charge in [0, 0.05) is 32.3 Å². The minimum absolute atomic E-state index is 0.0173. The van der Waals surface area contributed by atoms with Crippen LogP contribution < -0.4 is 15.5 Å². The van der Waals surface area contributed by atoms with Crippen LogP contribution in [0.1, 0.15) is 73.1 Å². The lowest BCUT2D eigenvalue weighted by molar-refractivity contribution is -0.870. The second-order valence-corrected chi connectivity index (χ2v) is 15.8. The predicted molar refractivity (Wildman–Crippen MR) is 190 cm³/mol. The fourth-order valence-corrected chi connectivity index (χ4v) is 5.98. The van der Waals surface area contributed by atoms with Gasteiger partial charge in [0.05, 0.1) is 34.4 Å². The van der Waals surface area contributed by atoms with Gasteiger partial charge in [-0.15, -0.1) is 0 Å². The third-order valence-electron chi connectivity index (χ3n) is 8.18. The summed E-state index contributed by atoms with van der Waals surface area (Å²) in [6.45, 7) is 11.1. The van der Waals surface area contributed by atoms with Gasteiger partial charge in [0.2, 0.25) is 11.8 Å². The van der Waals surface area contributed by atoms with Crippen molar-refractivity contribution in [1.82, 2.24) is 10.6 Å². The molecule has 0 aromatic rings. The number of aliphatic hydroxyl groups is 1. The summed E-state index contributed by atoms with van der Waals surface area (Å²) in [5, 5.41) is 14.7. The topological polar surface area (TPSA) is 146 Å². The van der Waals surface area contributed by atoms with Gasteiger partial charge in [-0.25, -0.2) is 0 Å². The summed E-state index contributed by atoms with van der Waals surface area (Å²) in [5.41, 5.74) is 4.70. The Morgan fingerprint density at radius 3 is 2.44 bits per heavy atom. The number of hydrogen-bond acceptors (Lipinski definition) is 8. The van der Waals surface area contributed by atoms with Crippen molar-refractivity contribution in [3.05, 3.63) is 58.7 Å². The molecule has 0 heterocycles. The van der Waals surface area contributed by atoms with Crippen LogP contribution in [0.2, 0.25) is 0 Å². The molecule has 12 heteroatoms. The van der Waals surface area contributed by atoms with Crippen LogP contribution in [0.3, 0.4) is 0 Å². The third-order valence-corrected chi connectivity index (χ3v) is 9.14. The minimum atomic E-state index is -4.72. The van der Waals surface area contributed by atoms with Crippen molar-refractivity contribution in [2.45, 2.75) is 79.2 Å². The van der Waals surface area contributed by atoms with E-state index in [1.807, 2.05) is 40.2 Å². The smallest absolute Gasteiger partial charge is 0.268 e. The molecule has 0 saturated carbocycles. The molecular weight excluding hydrogens is 633 g/mol. The first-order chi connectivity index (χ1) is 22.4. The largest absolute Gasteiger partial charge is 0.756 e. The first-order valence-electron chi connectivity index (χ1n) is 16.9. The molecule has 1 rings (SSSR count). The maximum Gasteiger partial charge on any atom is 0.268 e. The number of phosphoric acid groups is 1. The molecule has 1 aliphatic rings. The molecule has 0 aliphatic heterocycles. The molecule has 0 fully saturated rings. The van der Waals surface area contributed by atoms with Crippen molar-refractivity contribution in [3.8, 4) is 0 Å². The number of ether oxygens (including phenoxy) is 1. The number of quaternary nitrogens is 1. The van der Waals surface area contributed by atoms with Gasteiger partial charge in [-0.1, -0.05) is 61.8 Å². The molecule has 1 aliphatic carbocycles. The number of phosphoric ester groups is 1. The van der Waals surface area contributed by atoms with Gasteiger partial charge < -0.3 is 38.9 Å². The quantitative estimate of drug-likeness (QED) is 0.0484. The number of likely N-dealkylation sites (N-methyl/N-ethyl adjacent to an activating group) is 1. The summed E-state index contributed by atoms with van der Waals surface area (Å²) in [4.78, 5) is 38.3. The third kappa shape index (κ3) is 19.0. The standard InChI is InChI=1S/C36H62N3O8P/c1-28(18-19-32-30(3)16-13-20-36(32,4)5)14-12-15-29(2)24-34(41)38-33(27-47-48(43,44)46-23-22-39(6,7)8)35(42)37-21-11-10-17-31(25-40)26-45-9/h12,14-15,18-19,24,31,33,40H,10-11,13,16-17,20-23,25-27H2,1-9H3,(H2-,37,38,41,42,43,44)/b15-12+,19-18+,28-14+,29-24+/t31?,33-/m0/s1. The van der Waals surface area contributed by atoms with E-state index in [-0.39, 0.29) is 24.5 Å². The number of nitrogens with zero attached hydrogens (tertiary/aromatic N) is 1. The monoisotopic (exact) mass is 695 g/mol. The van der Waals surface area contributed by atoms with Crippen molar-refractivity contribution >= 4 is 19.6 Å². The maximum atomic E-state index is 13.0. The van der Waals surface area contributed by atoms with Crippen LogP contribution in [0.15, 0.2) is 58.7 Å². The number of allylic oxidation sites excluding steroid dienone is 9. The number of amides is 2. The number of carbonyl (C=O) groups excluding carboxylic acids is 2. The van der Waals surface area contributed by atoms with E-state index in [0.717, 1.165) is 24.8 Å². The van der Waals surface area contributed by atoms with E-state index in [1.165, 1.54) is 30.1 Å². The molecule has 0 aromatic heterocycles. The fraction of sp³-hybridized carbons (Fsp3) is 0.667. The predicted octanol–water partition coefficient (Wildman–Crippen LogP) is 4.75. The number of unbranched alkanes of at least 4 members (excludes halogenated alkanes) is 1. The molecule has 48 heavy (non-hydrogen) atoms. The Labute approximate surface area is 289 Å². The summed E-state index contributed by atoms with van der Waals surface area (Å²) in [7, 11) is 2.55. The van der Waals surface area contributed by atoms with Gasteiger partial charge in [-0.3, -0.25) is 14.2 Å². The molecule has 0 radical (unpaired) electrons. The molecule has 0 aromatic carbocycles. The second kappa shape index (κ2) is 21.7. The van der Waals surface area contributed by atoms with Crippen molar-refractivity contribution in [1.29, 1.82) is 0 Å². The number of hydrogen-bond donors (Lipinski definition) is 3. The summed E-state index contributed by atoms with van der Waals surface area (Å²) < 4.78 is 27.9. The Kier molecular flexibility index (Phi) is 19.7. The van der Waals surface area contributed by atoms with Gasteiger partial charge in [-0.05, 0) is 69.4 Å². The number of rotatable bonds is 22. The van der Waals surface area contributed by atoms with Crippen LogP contribution in [0, 0.1) is 11.3 Å². The Morgan fingerprint density at radius 2 is 1.81 bits per heavy atom. The molecule has 2 amide bonds. The maximum absolute atomic E-state index is 13.0. The van der Waals surface area contributed by atoms with E-state index in [9.17, 15) is 24.2 Å². The summed E-state index contributed by atoms with van der Waals surface area (Å²) in [6.07, 6.45) is 16.9. The van der Waals surface area contributed by atoms with E-state index in [4.69, 9.17) is 13.8 Å². The summed E-state index contributed by atoms with van der Waals surface area (Å²) >= 11 is 0.